The number of nitrogens with one attached hydrogen (secondary N) is 1. The quantitative estimate of drug-likeness (QED) is 0.373. The van der Waals surface area contributed by atoms with Crippen molar-refractivity contribution >= 4 is 17.9 Å². The van der Waals surface area contributed by atoms with Gasteiger partial charge >= 0.3 is 0 Å². The van der Waals surface area contributed by atoms with Gasteiger partial charge in [0.05, 0.1) is 0 Å². The molecule has 0 bridgehead atoms. The summed E-state index contributed by atoms with van der Waals surface area (Å²) in [6.45, 7) is 3.31. The Kier molecular flexibility index (Phi) is 5.78. The minimum absolute atomic E-state index is 0.368. The third-order valence-electron chi connectivity index (χ3n) is 4.78. The number of nitrogens with zero attached hydrogens (tertiary/aromatic N) is 1. The van der Waals surface area contributed by atoms with Gasteiger partial charge in [-0.15, -0.1) is 0 Å². The first-order valence-electron chi connectivity index (χ1n) is 9.03. The van der Waals surface area contributed by atoms with Crippen LogP contribution in [-0.4, -0.2) is 11.5 Å². The molecule has 6 heteroatoms. The zero-order valence-corrected chi connectivity index (χ0v) is 16.8. The normalized spacial score (nSPS) is 13.6. The van der Waals surface area contributed by atoms with Gasteiger partial charge in [0, 0.05) is 15.5 Å². The molecule has 3 aromatic carbocycles. The van der Waals surface area contributed by atoms with E-state index in [4.69, 9.17) is 0 Å². The molecule has 1 atom stereocenters. The van der Waals surface area contributed by atoms with Gasteiger partial charge in [0.2, 0.25) is 13.8 Å². The van der Waals surface area contributed by atoms with Crippen LogP contribution in [0.25, 0.3) is 0 Å². The topological polar surface area (TPSA) is 72.2 Å². The second-order valence-corrected chi connectivity index (χ2v) is 9.56. The van der Waals surface area contributed by atoms with Crippen LogP contribution < -0.4 is 15.7 Å². The highest BCUT2D eigenvalue weighted by Gasteiger charge is 2.41. The van der Waals surface area contributed by atoms with E-state index >= 15 is 0 Å². The van der Waals surface area contributed by atoms with Gasteiger partial charge in [-0.3, -0.25) is 14.7 Å². The summed E-state index contributed by atoms with van der Waals surface area (Å²) in [6.07, 6.45) is 0. The summed E-state index contributed by atoms with van der Waals surface area (Å²) in [6, 6.07) is 25.7. The van der Waals surface area contributed by atoms with Gasteiger partial charge in [0.1, 0.15) is 5.54 Å². The van der Waals surface area contributed by atoms with Crippen molar-refractivity contribution in [1.82, 2.24) is 5.09 Å². The lowest BCUT2D eigenvalue weighted by molar-refractivity contribution is -0.490. The molecule has 0 saturated carbocycles. The van der Waals surface area contributed by atoms with Gasteiger partial charge in [-0.05, 0) is 43.7 Å². The van der Waals surface area contributed by atoms with Crippen molar-refractivity contribution in [1.29, 1.82) is 0 Å². The summed E-state index contributed by atoms with van der Waals surface area (Å²) in [5.74, 6) is 0. The van der Waals surface area contributed by atoms with Crippen LogP contribution >= 0.6 is 7.29 Å². The fraction of sp³-hybridized carbons (Fsp3) is 0.182. The molecule has 0 heterocycles. The number of hydrogen-bond acceptors (Lipinski definition) is 3. The molecule has 0 aliphatic heterocycles. The van der Waals surface area contributed by atoms with E-state index in [0.29, 0.717) is 10.6 Å². The lowest BCUT2D eigenvalue weighted by atomic mass is 9.93. The van der Waals surface area contributed by atoms with E-state index in [1.807, 2.05) is 67.6 Å². The number of aryl methyl sites for hydroxylation is 1. The van der Waals surface area contributed by atoms with E-state index in [-0.39, 0.29) is 11.5 Å². The Balaban J connectivity index is 2.15. The highest BCUT2D eigenvalue weighted by atomic mass is 31.2. The number of rotatable bonds is 7. The molecule has 0 radical (unpaired) electrons. The summed E-state index contributed by atoms with van der Waals surface area (Å²) in [5.41, 5.74) is 0.668. The van der Waals surface area contributed by atoms with E-state index in [9.17, 15) is 14.7 Å². The van der Waals surface area contributed by atoms with Gasteiger partial charge < -0.3 is 0 Å². The summed E-state index contributed by atoms with van der Waals surface area (Å²) in [7, 11) is -3.33. The van der Waals surface area contributed by atoms with Crippen LogP contribution in [0.15, 0.2) is 84.9 Å². The van der Waals surface area contributed by atoms with Gasteiger partial charge in [-0.2, -0.15) is 0 Å². The molecule has 0 amide bonds. The van der Waals surface area contributed by atoms with Crippen LogP contribution in [0.3, 0.4) is 0 Å². The Morgan fingerprint density at radius 1 is 0.893 bits per heavy atom. The maximum absolute atomic E-state index is 14.3. The lowest BCUT2D eigenvalue weighted by Crippen LogP contribution is -2.47. The fourth-order valence-electron chi connectivity index (χ4n) is 3.27. The Labute approximate surface area is 165 Å². The van der Waals surface area contributed by atoms with Crippen molar-refractivity contribution in [2.75, 3.05) is 6.54 Å². The van der Waals surface area contributed by atoms with Gasteiger partial charge in [0.25, 0.3) is 0 Å². The van der Waals surface area contributed by atoms with E-state index in [2.05, 4.69) is 5.09 Å². The van der Waals surface area contributed by atoms with Crippen LogP contribution in [0, 0.1) is 17.0 Å². The van der Waals surface area contributed by atoms with E-state index in [1.54, 1.807) is 31.2 Å². The Hall–Kier alpha value is -2.75. The van der Waals surface area contributed by atoms with Gasteiger partial charge in [-0.25, -0.2) is 5.09 Å². The average molecular weight is 394 g/mol. The number of benzene rings is 3. The molecule has 3 aromatic rings. The van der Waals surface area contributed by atoms with E-state index < -0.39 is 12.8 Å². The first-order valence-corrected chi connectivity index (χ1v) is 10.7. The minimum Gasteiger partial charge on any atom is -0.296 e. The maximum atomic E-state index is 14.3. The molecule has 0 saturated heterocycles. The van der Waals surface area contributed by atoms with Crippen LogP contribution in [-0.2, 0) is 10.1 Å². The molecule has 5 nitrogen and oxygen atoms in total. The van der Waals surface area contributed by atoms with Gasteiger partial charge in [0.15, 0.2) is 0 Å². The Morgan fingerprint density at radius 2 is 1.36 bits per heavy atom. The zero-order chi connectivity index (χ0) is 20.2. The predicted octanol–water partition coefficient (Wildman–Crippen LogP) is 4.01. The van der Waals surface area contributed by atoms with Crippen molar-refractivity contribution in [2.45, 2.75) is 19.4 Å². The third kappa shape index (κ3) is 4.22. The summed E-state index contributed by atoms with van der Waals surface area (Å²) in [5, 5.41) is 15.9. The molecule has 0 fully saturated rings. The molecular weight excluding hydrogens is 371 g/mol. The maximum Gasteiger partial charge on any atom is 0.226 e. The largest absolute Gasteiger partial charge is 0.296 e. The van der Waals surface area contributed by atoms with Crippen LogP contribution in [0.5, 0.6) is 0 Å². The molecule has 3 rings (SSSR count). The number of nitro groups is 1. The third-order valence-corrected chi connectivity index (χ3v) is 7.64. The van der Waals surface area contributed by atoms with Crippen molar-refractivity contribution in [3.63, 3.8) is 0 Å². The zero-order valence-electron chi connectivity index (χ0n) is 15.9. The first kappa shape index (κ1) is 20.0. The molecule has 0 aromatic heterocycles. The van der Waals surface area contributed by atoms with Crippen molar-refractivity contribution in [3.05, 3.63) is 106 Å². The van der Waals surface area contributed by atoms with Crippen molar-refractivity contribution < 1.29 is 9.49 Å². The molecule has 28 heavy (non-hydrogen) atoms. The molecule has 1 N–H and O–H groups in total. The highest BCUT2D eigenvalue weighted by molar-refractivity contribution is 7.77. The standard InChI is InChI=1S/C22H23N2O3P/c1-18-13-15-19(16-14-18)22(2,17-24(25)26)23-28(27,20-9-5-3-6-10-20)21-11-7-4-8-12-21/h3-16H,17H2,1-2H3,(H,23,27). The predicted molar refractivity (Wildman–Crippen MR) is 113 cm³/mol. The summed E-state index contributed by atoms with van der Waals surface area (Å²) < 4.78 is 14.3. The second kappa shape index (κ2) is 8.09. The second-order valence-electron chi connectivity index (χ2n) is 7.08. The number of hydrogen-bond donors (Lipinski definition) is 1. The first-order chi connectivity index (χ1) is 13.3. The highest BCUT2D eigenvalue weighted by Crippen LogP contribution is 2.43. The monoisotopic (exact) mass is 394 g/mol. The SMILES string of the molecule is Cc1ccc(C(C)(C[N+](=O)[O-])NP(=O)(c2ccccc2)c2ccccc2)cc1. The van der Waals surface area contributed by atoms with E-state index in [0.717, 1.165) is 11.1 Å². The summed E-state index contributed by atoms with van der Waals surface area (Å²) >= 11 is 0. The van der Waals surface area contributed by atoms with Crippen LogP contribution in [0.4, 0.5) is 0 Å². The summed E-state index contributed by atoms with van der Waals surface area (Å²) in [4.78, 5) is 11.1. The van der Waals surface area contributed by atoms with Crippen LogP contribution in [0.2, 0.25) is 0 Å². The Bertz CT molecular complexity index is 948. The van der Waals surface area contributed by atoms with Gasteiger partial charge in [-0.1, -0.05) is 66.2 Å². The molecule has 0 aliphatic rings. The van der Waals surface area contributed by atoms with Crippen molar-refractivity contribution in [2.24, 2.45) is 0 Å². The smallest absolute Gasteiger partial charge is 0.226 e. The van der Waals surface area contributed by atoms with E-state index in [1.165, 1.54) is 0 Å². The molecule has 0 spiro atoms. The molecule has 144 valence electrons. The fourth-order valence-corrected chi connectivity index (χ4v) is 5.91. The Morgan fingerprint density at radius 3 is 1.79 bits per heavy atom. The molecule has 0 aliphatic carbocycles. The average Bonchev–Trinajstić information content (AvgIpc) is 2.69. The lowest BCUT2D eigenvalue weighted by Gasteiger charge is -2.33. The molecule has 1 unspecified atom stereocenters. The van der Waals surface area contributed by atoms with Crippen LogP contribution in [0.1, 0.15) is 18.1 Å². The minimum atomic E-state index is -3.33. The van der Waals surface area contributed by atoms with Crippen molar-refractivity contribution in [3.8, 4) is 0 Å². The molecular formula is C22H23N2O3P.